The van der Waals surface area contributed by atoms with Crippen LogP contribution in [-0.2, 0) is 0 Å². The second-order valence-corrected chi connectivity index (χ2v) is 5.84. The molecule has 5 heteroatoms. The van der Waals surface area contributed by atoms with Crippen molar-refractivity contribution in [1.29, 1.82) is 0 Å². The molecule has 0 aliphatic rings. The van der Waals surface area contributed by atoms with Gasteiger partial charge in [0, 0.05) is 33.2 Å². The lowest BCUT2D eigenvalue weighted by molar-refractivity contribution is 0.262. The zero-order valence-corrected chi connectivity index (χ0v) is 13.3. The zero-order valence-electron chi connectivity index (χ0n) is 12.5. The van der Waals surface area contributed by atoms with Crippen LogP contribution < -0.4 is 10.6 Å². The Labute approximate surface area is 143 Å². The highest BCUT2D eigenvalue weighted by Crippen LogP contribution is 2.30. The van der Waals surface area contributed by atoms with Crippen molar-refractivity contribution in [2.24, 2.45) is 0 Å². The number of carbonyl (C=O) groups is 1. The number of amides is 2. The van der Waals surface area contributed by atoms with E-state index < -0.39 is 0 Å². The molecule has 0 saturated heterocycles. The van der Waals surface area contributed by atoms with Crippen LogP contribution in [0.25, 0.3) is 21.9 Å². The lowest BCUT2D eigenvalue weighted by Gasteiger charge is -2.07. The van der Waals surface area contributed by atoms with E-state index >= 15 is 0 Å². The van der Waals surface area contributed by atoms with E-state index in [2.05, 4.69) is 10.6 Å². The molecule has 118 valence electrons. The summed E-state index contributed by atoms with van der Waals surface area (Å²) >= 11 is 5.91. The molecule has 2 N–H and O–H groups in total. The SMILES string of the molecule is O=C(Nc1cccc(Cl)c1)Nc1ccc2c(c1)oc1ccccc12. The lowest BCUT2D eigenvalue weighted by Crippen LogP contribution is -2.19. The Morgan fingerprint density at radius 2 is 1.54 bits per heavy atom. The molecule has 0 saturated carbocycles. The lowest BCUT2D eigenvalue weighted by atomic mass is 10.1. The first kappa shape index (κ1) is 14.6. The number of halogens is 1. The molecule has 1 heterocycles. The van der Waals surface area contributed by atoms with E-state index in [4.69, 9.17) is 16.0 Å². The normalized spacial score (nSPS) is 10.9. The predicted molar refractivity (Wildman–Crippen MR) is 97.8 cm³/mol. The summed E-state index contributed by atoms with van der Waals surface area (Å²) in [6, 6.07) is 20.1. The maximum Gasteiger partial charge on any atom is 0.323 e. The number of urea groups is 1. The van der Waals surface area contributed by atoms with Crippen molar-refractivity contribution < 1.29 is 9.21 Å². The Morgan fingerprint density at radius 3 is 2.38 bits per heavy atom. The van der Waals surface area contributed by atoms with E-state index in [1.807, 2.05) is 42.5 Å². The van der Waals surface area contributed by atoms with Gasteiger partial charge in [-0.25, -0.2) is 4.79 Å². The molecule has 0 fully saturated rings. The fourth-order valence-electron chi connectivity index (χ4n) is 2.66. The van der Waals surface area contributed by atoms with Crippen LogP contribution in [-0.4, -0.2) is 6.03 Å². The highest BCUT2D eigenvalue weighted by atomic mass is 35.5. The second-order valence-electron chi connectivity index (χ2n) is 5.40. The molecule has 4 aromatic rings. The Bertz CT molecular complexity index is 1060. The first-order valence-electron chi connectivity index (χ1n) is 7.44. The summed E-state index contributed by atoms with van der Waals surface area (Å²) < 4.78 is 5.82. The van der Waals surface area contributed by atoms with Crippen LogP contribution in [0.2, 0.25) is 5.02 Å². The maximum atomic E-state index is 12.1. The summed E-state index contributed by atoms with van der Waals surface area (Å²) in [6.07, 6.45) is 0. The van der Waals surface area contributed by atoms with E-state index in [0.29, 0.717) is 16.4 Å². The standard InChI is InChI=1S/C19H13ClN2O2/c20-12-4-3-5-13(10-12)21-19(23)22-14-8-9-16-15-6-1-2-7-17(15)24-18(16)11-14/h1-11H,(H2,21,22,23). The summed E-state index contributed by atoms with van der Waals surface area (Å²) in [4.78, 5) is 12.1. The number of rotatable bonds is 2. The van der Waals surface area contributed by atoms with Crippen molar-refractivity contribution in [3.8, 4) is 0 Å². The third-order valence-electron chi connectivity index (χ3n) is 3.72. The zero-order chi connectivity index (χ0) is 16.5. The van der Waals surface area contributed by atoms with E-state index in [1.54, 1.807) is 24.3 Å². The predicted octanol–water partition coefficient (Wildman–Crippen LogP) is 5.88. The van der Waals surface area contributed by atoms with Gasteiger partial charge in [-0.2, -0.15) is 0 Å². The molecule has 24 heavy (non-hydrogen) atoms. The van der Waals surface area contributed by atoms with Gasteiger partial charge in [0.15, 0.2) is 0 Å². The van der Waals surface area contributed by atoms with Crippen molar-refractivity contribution in [1.82, 2.24) is 0 Å². The minimum absolute atomic E-state index is 0.340. The fourth-order valence-corrected chi connectivity index (χ4v) is 2.85. The van der Waals surface area contributed by atoms with E-state index in [-0.39, 0.29) is 6.03 Å². The van der Waals surface area contributed by atoms with E-state index in [0.717, 1.165) is 21.9 Å². The quantitative estimate of drug-likeness (QED) is 0.480. The first-order valence-corrected chi connectivity index (χ1v) is 7.82. The summed E-state index contributed by atoms with van der Waals surface area (Å²) in [7, 11) is 0. The largest absolute Gasteiger partial charge is 0.456 e. The summed E-state index contributed by atoms with van der Waals surface area (Å²) in [5.41, 5.74) is 2.84. The third-order valence-corrected chi connectivity index (χ3v) is 3.95. The Hall–Kier alpha value is -2.98. The number of furan rings is 1. The molecule has 1 aromatic heterocycles. The van der Waals surface area contributed by atoms with Gasteiger partial charge in [-0.05, 0) is 36.4 Å². The van der Waals surface area contributed by atoms with Crippen LogP contribution in [0.1, 0.15) is 0 Å². The van der Waals surface area contributed by atoms with Gasteiger partial charge >= 0.3 is 6.03 Å². The highest BCUT2D eigenvalue weighted by molar-refractivity contribution is 6.30. The van der Waals surface area contributed by atoms with Gasteiger partial charge in [0.2, 0.25) is 0 Å². The maximum absolute atomic E-state index is 12.1. The van der Waals surface area contributed by atoms with Crippen molar-refractivity contribution >= 4 is 50.9 Å². The molecular weight excluding hydrogens is 324 g/mol. The highest BCUT2D eigenvalue weighted by Gasteiger charge is 2.08. The molecule has 0 spiro atoms. The van der Waals surface area contributed by atoms with Crippen molar-refractivity contribution in [2.75, 3.05) is 10.6 Å². The Morgan fingerprint density at radius 1 is 0.792 bits per heavy atom. The molecule has 2 amide bonds. The van der Waals surface area contributed by atoms with Crippen LogP contribution in [0.4, 0.5) is 16.2 Å². The molecule has 0 aliphatic heterocycles. The number of para-hydroxylation sites is 1. The smallest absolute Gasteiger partial charge is 0.323 e. The number of nitrogens with one attached hydrogen (secondary N) is 2. The van der Waals surface area contributed by atoms with E-state index in [1.165, 1.54) is 0 Å². The number of hydrogen-bond donors (Lipinski definition) is 2. The summed E-state index contributed by atoms with van der Waals surface area (Å²) in [6.45, 7) is 0. The molecule has 0 radical (unpaired) electrons. The van der Waals surface area contributed by atoms with Crippen molar-refractivity contribution in [3.05, 3.63) is 71.8 Å². The molecule has 4 rings (SSSR count). The van der Waals surface area contributed by atoms with Crippen LogP contribution in [0.3, 0.4) is 0 Å². The summed E-state index contributed by atoms with van der Waals surface area (Å²) in [5, 5.41) is 8.18. The molecular formula is C19H13ClN2O2. The van der Waals surface area contributed by atoms with Crippen molar-refractivity contribution in [2.45, 2.75) is 0 Å². The Kier molecular flexibility index (Phi) is 3.59. The van der Waals surface area contributed by atoms with Crippen LogP contribution in [0, 0.1) is 0 Å². The van der Waals surface area contributed by atoms with Crippen LogP contribution >= 0.6 is 11.6 Å². The van der Waals surface area contributed by atoms with E-state index in [9.17, 15) is 4.79 Å². The number of carbonyl (C=O) groups excluding carboxylic acids is 1. The van der Waals surface area contributed by atoms with Crippen LogP contribution in [0.5, 0.6) is 0 Å². The van der Waals surface area contributed by atoms with Gasteiger partial charge in [-0.3, -0.25) is 0 Å². The minimum atomic E-state index is -0.340. The topological polar surface area (TPSA) is 54.3 Å². The van der Waals surface area contributed by atoms with Gasteiger partial charge in [-0.1, -0.05) is 35.9 Å². The average molecular weight is 337 g/mol. The first-order chi connectivity index (χ1) is 11.7. The molecule has 0 unspecified atom stereocenters. The van der Waals surface area contributed by atoms with Gasteiger partial charge in [0.1, 0.15) is 11.2 Å². The number of fused-ring (bicyclic) bond motifs is 3. The molecule has 0 atom stereocenters. The number of benzene rings is 3. The van der Waals surface area contributed by atoms with Gasteiger partial charge in [-0.15, -0.1) is 0 Å². The van der Waals surface area contributed by atoms with Crippen LogP contribution in [0.15, 0.2) is 71.1 Å². The molecule has 3 aromatic carbocycles. The average Bonchev–Trinajstić information content (AvgIpc) is 2.92. The fraction of sp³-hybridized carbons (Fsp3) is 0. The minimum Gasteiger partial charge on any atom is -0.456 e. The van der Waals surface area contributed by atoms with Gasteiger partial charge in [0.25, 0.3) is 0 Å². The van der Waals surface area contributed by atoms with Gasteiger partial charge < -0.3 is 15.1 Å². The summed E-state index contributed by atoms with van der Waals surface area (Å²) in [5.74, 6) is 0. The monoisotopic (exact) mass is 336 g/mol. The molecule has 0 aliphatic carbocycles. The number of hydrogen-bond acceptors (Lipinski definition) is 2. The van der Waals surface area contributed by atoms with Crippen molar-refractivity contribution in [3.63, 3.8) is 0 Å². The number of anilines is 2. The second kappa shape index (κ2) is 5.91. The molecule has 4 nitrogen and oxygen atoms in total. The van der Waals surface area contributed by atoms with Gasteiger partial charge in [0.05, 0.1) is 0 Å². The molecule has 0 bridgehead atoms. The third kappa shape index (κ3) is 2.79. The Balaban J connectivity index is 1.58.